The van der Waals surface area contributed by atoms with Crippen LogP contribution in [0.2, 0.25) is 0 Å². The molecule has 0 amide bonds. The molecule has 0 aliphatic rings. The van der Waals surface area contributed by atoms with E-state index >= 15 is 0 Å². The van der Waals surface area contributed by atoms with Crippen molar-refractivity contribution in [3.63, 3.8) is 0 Å². The fourth-order valence-corrected chi connectivity index (χ4v) is 8.30. The van der Waals surface area contributed by atoms with Gasteiger partial charge in [-0.1, -0.05) is 176 Å². The van der Waals surface area contributed by atoms with E-state index in [4.69, 9.17) is 14.4 Å². The largest absolute Gasteiger partial charge is 0.456 e. The fourth-order valence-electron chi connectivity index (χ4n) is 8.30. The first-order chi connectivity index (χ1) is 30.7. The molecule has 2 aromatic heterocycles. The van der Waals surface area contributed by atoms with E-state index in [1.807, 2.05) is 18.2 Å². The molecule has 4 heteroatoms. The van der Waals surface area contributed by atoms with E-state index in [1.165, 1.54) is 22.3 Å². The van der Waals surface area contributed by atoms with Crippen molar-refractivity contribution in [1.29, 1.82) is 0 Å². The molecule has 292 valence electrons. The Morgan fingerprint density at radius 1 is 0.274 bits per heavy atom. The molecular formula is C58H39N3O. The number of rotatable bonds is 9. The molecule has 0 spiro atoms. The average Bonchev–Trinajstić information content (AvgIpc) is 3.73. The van der Waals surface area contributed by atoms with Crippen molar-refractivity contribution >= 4 is 39.0 Å². The first-order valence-corrected chi connectivity index (χ1v) is 20.9. The Hall–Kier alpha value is -8.34. The van der Waals surface area contributed by atoms with Gasteiger partial charge in [0, 0.05) is 44.5 Å². The van der Waals surface area contributed by atoms with Gasteiger partial charge in [0.1, 0.15) is 11.2 Å². The number of furan rings is 1. The number of para-hydroxylation sites is 1. The average molecular weight is 794 g/mol. The minimum Gasteiger partial charge on any atom is -0.456 e. The predicted molar refractivity (Wildman–Crippen MR) is 257 cm³/mol. The lowest BCUT2D eigenvalue weighted by molar-refractivity contribution is 0.669. The molecule has 2 heterocycles. The number of aromatic nitrogens is 2. The maximum atomic E-state index is 6.60. The van der Waals surface area contributed by atoms with Gasteiger partial charge in [0.05, 0.1) is 11.4 Å². The summed E-state index contributed by atoms with van der Waals surface area (Å²) in [7, 11) is 0. The van der Waals surface area contributed by atoms with Gasteiger partial charge in [-0.2, -0.15) is 0 Å². The standard InChI is InChI=1S/C58H39N3O/c1-5-13-40(14-6-1)43-21-25-46(26-22-43)54-39-55(60-58(59-54)47-27-23-44(24-28-47)41-15-7-2-8-16-41)48-31-35-52-53-38-51(34-36-56(53)62-57(52)37-48)61(49-19-11-4-12-20-49)50-32-29-45(30-33-50)42-17-9-3-10-18-42/h1-39H. The van der Waals surface area contributed by atoms with E-state index < -0.39 is 0 Å². The lowest BCUT2D eigenvalue weighted by Crippen LogP contribution is -2.09. The summed E-state index contributed by atoms with van der Waals surface area (Å²) in [5.74, 6) is 0.663. The Morgan fingerprint density at radius 2 is 0.694 bits per heavy atom. The summed E-state index contributed by atoms with van der Waals surface area (Å²) in [5, 5.41) is 2.09. The SMILES string of the molecule is c1ccc(-c2ccc(-c3cc(-c4ccc5c(c4)oc4ccc(N(c6ccccc6)c6ccc(-c7ccccc7)cc6)cc45)nc(-c4ccc(-c5ccccc5)cc4)n3)cc2)cc1. The van der Waals surface area contributed by atoms with E-state index in [9.17, 15) is 0 Å². The Morgan fingerprint density at radius 3 is 1.26 bits per heavy atom. The number of anilines is 3. The summed E-state index contributed by atoms with van der Waals surface area (Å²) in [6, 6.07) is 82.7. The number of benzene rings is 9. The van der Waals surface area contributed by atoms with Crippen molar-refractivity contribution in [2.24, 2.45) is 0 Å². The first kappa shape index (κ1) is 36.7. The van der Waals surface area contributed by atoms with Crippen LogP contribution in [0, 0.1) is 0 Å². The summed E-state index contributed by atoms with van der Waals surface area (Å²) in [6.45, 7) is 0. The first-order valence-electron chi connectivity index (χ1n) is 20.9. The monoisotopic (exact) mass is 793 g/mol. The second-order valence-electron chi connectivity index (χ2n) is 15.4. The highest BCUT2D eigenvalue weighted by atomic mass is 16.3. The van der Waals surface area contributed by atoms with Gasteiger partial charge in [0.15, 0.2) is 5.82 Å². The van der Waals surface area contributed by atoms with Gasteiger partial charge in [-0.25, -0.2) is 9.97 Å². The van der Waals surface area contributed by atoms with Crippen molar-refractivity contribution in [1.82, 2.24) is 9.97 Å². The van der Waals surface area contributed by atoms with Crippen LogP contribution in [0.1, 0.15) is 0 Å². The van der Waals surface area contributed by atoms with Crippen molar-refractivity contribution < 1.29 is 4.42 Å². The zero-order valence-electron chi connectivity index (χ0n) is 33.8. The summed E-state index contributed by atoms with van der Waals surface area (Å²) in [4.78, 5) is 12.7. The van der Waals surface area contributed by atoms with Gasteiger partial charge in [0.2, 0.25) is 0 Å². The minimum absolute atomic E-state index is 0.663. The van der Waals surface area contributed by atoms with Gasteiger partial charge >= 0.3 is 0 Å². The summed E-state index contributed by atoms with van der Waals surface area (Å²) in [6.07, 6.45) is 0. The van der Waals surface area contributed by atoms with Crippen molar-refractivity contribution in [2.45, 2.75) is 0 Å². The third-order valence-corrected chi connectivity index (χ3v) is 11.5. The fraction of sp³-hybridized carbons (Fsp3) is 0. The number of nitrogens with zero attached hydrogens (tertiary/aromatic N) is 3. The predicted octanol–water partition coefficient (Wildman–Crippen LogP) is 15.8. The maximum Gasteiger partial charge on any atom is 0.160 e. The molecule has 0 radical (unpaired) electrons. The van der Waals surface area contributed by atoms with Crippen LogP contribution in [0.15, 0.2) is 241 Å². The molecule has 0 bridgehead atoms. The third kappa shape index (κ3) is 7.20. The minimum atomic E-state index is 0.663. The highest BCUT2D eigenvalue weighted by Gasteiger charge is 2.18. The van der Waals surface area contributed by atoms with Crippen LogP contribution in [0.25, 0.3) is 89.2 Å². The molecule has 11 aromatic rings. The molecule has 0 atom stereocenters. The zero-order chi connectivity index (χ0) is 41.2. The van der Waals surface area contributed by atoms with Gasteiger partial charge < -0.3 is 9.32 Å². The molecule has 0 aliphatic heterocycles. The molecule has 11 rings (SSSR count). The Kier molecular flexibility index (Phi) is 9.49. The molecule has 0 aliphatic carbocycles. The lowest BCUT2D eigenvalue weighted by Gasteiger charge is -2.25. The van der Waals surface area contributed by atoms with Crippen LogP contribution >= 0.6 is 0 Å². The van der Waals surface area contributed by atoms with Crippen molar-refractivity contribution in [3.05, 3.63) is 237 Å². The van der Waals surface area contributed by atoms with E-state index in [0.29, 0.717) is 5.82 Å². The van der Waals surface area contributed by atoms with E-state index in [2.05, 4.69) is 223 Å². The van der Waals surface area contributed by atoms with Crippen molar-refractivity contribution in [3.8, 4) is 67.3 Å². The Bertz CT molecular complexity index is 3190. The van der Waals surface area contributed by atoms with E-state index in [0.717, 1.165) is 78.2 Å². The number of hydrogen-bond donors (Lipinski definition) is 0. The zero-order valence-corrected chi connectivity index (χ0v) is 33.8. The molecule has 9 aromatic carbocycles. The molecule has 0 saturated carbocycles. The highest BCUT2D eigenvalue weighted by molar-refractivity contribution is 6.07. The van der Waals surface area contributed by atoms with Crippen LogP contribution in [0.5, 0.6) is 0 Å². The Balaban J connectivity index is 0.980. The van der Waals surface area contributed by atoms with Gasteiger partial charge in [-0.05, 0) is 94.0 Å². The second-order valence-corrected chi connectivity index (χ2v) is 15.4. The van der Waals surface area contributed by atoms with Crippen LogP contribution < -0.4 is 4.90 Å². The van der Waals surface area contributed by atoms with Gasteiger partial charge in [-0.3, -0.25) is 0 Å². The second kappa shape index (κ2) is 16.0. The van der Waals surface area contributed by atoms with E-state index in [-0.39, 0.29) is 0 Å². The molecule has 4 nitrogen and oxygen atoms in total. The van der Waals surface area contributed by atoms with E-state index in [1.54, 1.807) is 0 Å². The molecule has 0 fully saturated rings. The summed E-state index contributed by atoms with van der Waals surface area (Å²) in [5.41, 5.74) is 16.4. The Labute approximate surface area is 360 Å². The molecular weight excluding hydrogens is 755 g/mol. The number of hydrogen-bond acceptors (Lipinski definition) is 4. The van der Waals surface area contributed by atoms with Crippen molar-refractivity contribution in [2.75, 3.05) is 4.90 Å². The van der Waals surface area contributed by atoms with Crippen LogP contribution in [0.4, 0.5) is 17.1 Å². The van der Waals surface area contributed by atoms with Crippen LogP contribution in [-0.4, -0.2) is 9.97 Å². The summed E-state index contributed by atoms with van der Waals surface area (Å²) >= 11 is 0. The lowest BCUT2D eigenvalue weighted by atomic mass is 10.0. The quantitative estimate of drug-likeness (QED) is 0.146. The van der Waals surface area contributed by atoms with Crippen LogP contribution in [0.3, 0.4) is 0 Å². The molecule has 0 N–H and O–H groups in total. The van der Waals surface area contributed by atoms with Gasteiger partial charge in [0.25, 0.3) is 0 Å². The highest BCUT2D eigenvalue weighted by Crippen LogP contribution is 2.40. The normalized spacial score (nSPS) is 11.2. The maximum absolute atomic E-state index is 6.60. The molecule has 62 heavy (non-hydrogen) atoms. The topological polar surface area (TPSA) is 42.2 Å². The third-order valence-electron chi connectivity index (χ3n) is 11.5. The van der Waals surface area contributed by atoms with Crippen LogP contribution in [-0.2, 0) is 0 Å². The molecule has 0 unspecified atom stereocenters. The van der Waals surface area contributed by atoms with Gasteiger partial charge in [-0.15, -0.1) is 0 Å². The smallest absolute Gasteiger partial charge is 0.160 e. The molecule has 0 saturated heterocycles. The number of fused-ring (bicyclic) bond motifs is 3. The summed E-state index contributed by atoms with van der Waals surface area (Å²) < 4.78 is 6.60.